The topological polar surface area (TPSA) is 154 Å². The number of amides is 3. The van der Waals surface area contributed by atoms with Crippen LogP contribution in [0.2, 0.25) is 0 Å². The van der Waals surface area contributed by atoms with E-state index in [0.29, 0.717) is 0 Å². The predicted octanol–water partition coefficient (Wildman–Crippen LogP) is 2.02. The molecule has 158 valence electrons. The highest BCUT2D eigenvalue weighted by molar-refractivity contribution is 7.09. The highest BCUT2D eigenvalue weighted by Gasteiger charge is 2.20. The first-order chi connectivity index (χ1) is 14.3. The molecule has 0 radical (unpaired) electrons. The quantitative estimate of drug-likeness (QED) is 0.363. The van der Waals surface area contributed by atoms with Crippen molar-refractivity contribution in [3.63, 3.8) is 0 Å². The van der Waals surface area contributed by atoms with Crippen LogP contribution in [0.15, 0.2) is 35.7 Å². The smallest absolute Gasteiger partial charge is 0.338 e. The van der Waals surface area contributed by atoms with Crippen LogP contribution in [-0.2, 0) is 20.8 Å². The van der Waals surface area contributed by atoms with Crippen LogP contribution in [0.1, 0.15) is 32.5 Å². The van der Waals surface area contributed by atoms with Crippen molar-refractivity contribution in [1.29, 1.82) is 0 Å². The summed E-state index contributed by atoms with van der Waals surface area (Å²) in [5.74, 6) is -2.84. The Morgan fingerprint density at radius 1 is 1.10 bits per heavy atom. The Balaban J connectivity index is 1.94. The molecule has 30 heavy (non-hydrogen) atoms. The molecule has 3 amide bonds. The summed E-state index contributed by atoms with van der Waals surface area (Å²) in [5, 5.41) is 17.3. The third kappa shape index (κ3) is 6.67. The maximum absolute atomic E-state index is 12.1. The number of ether oxygens (including phenoxy) is 2. The molecule has 0 atom stereocenters. The van der Waals surface area contributed by atoms with Crippen molar-refractivity contribution in [3.05, 3.63) is 61.8 Å². The van der Waals surface area contributed by atoms with E-state index in [1.165, 1.54) is 11.3 Å². The Hall–Kier alpha value is -3.80. The Bertz CT molecular complexity index is 958. The lowest BCUT2D eigenvalue weighted by Crippen LogP contribution is -2.41. The molecule has 0 bridgehead atoms. The number of nitro benzene ring substituents is 1. The molecule has 0 aliphatic rings. The molecule has 0 saturated carbocycles. The number of nitrogens with zero attached hydrogens (tertiary/aromatic N) is 1. The second kappa shape index (κ2) is 10.7. The van der Waals surface area contributed by atoms with Gasteiger partial charge in [-0.1, -0.05) is 6.07 Å². The molecular weight excluding hydrogens is 418 g/mol. The minimum Gasteiger partial charge on any atom is -0.462 e. The summed E-state index contributed by atoms with van der Waals surface area (Å²) in [7, 11) is 0. The van der Waals surface area contributed by atoms with Gasteiger partial charge in [-0.25, -0.2) is 14.4 Å². The molecule has 2 rings (SSSR count). The summed E-state index contributed by atoms with van der Waals surface area (Å²) < 4.78 is 9.53. The number of hydrogen-bond donors (Lipinski definition) is 2. The minimum absolute atomic E-state index is 0.0377. The molecule has 0 fully saturated rings. The molecule has 2 aromatic rings. The van der Waals surface area contributed by atoms with Gasteiger partial charge in [-0.05, 0) is 24.4 Å². The first kappa shape index (κ1) is 22.5. The van der Waals surface area contributed by atoms with Crippen molar-refractivity contribution in [1.82, 2.24) is 10.6 Å². The number of esters is 2. The lowest BCUT2D eigenvalue weighted by Gasteiger charge is -2.08. The maximum atomic E-state index is 12.1. The predicted molar refractivity (Wildman–Crippen MR) is 104 cm³/mol. The van der Waals surface area contributed by atoms with Crippen molar-refractivity contribution >= 4 is 40.9 Å². The fraction of sp³-hybridized carbons (Fsp3) is 0.222. The van der Waals surface area contributed by atoms with Gasteiger partial charge in [-0.15, -0.1) is 11.3 Å². The fourth-order valence-corrected chi connectivity index (χ4v) is 2.81. The Labute approximate surface area is 174 Å². The van der Waals surface area contributed by atoms with Gasteiger partial charge < -0.3 is 14.8 Å². The molecule has 0 spiro atoms. The number of hydrogen-bond acceptors (Lipinski definition) is 9. The van der Waals surface area contributed by atoms with Crippen LogP contribution in [0.5, 0.6) is 0 Å². The molecule has 0 saturated heterocycles. The number of thiophene rings is 1. The van der Waals surface area contributed by atoms with Gasteiger partial charge >= 0.3 is 18.0 Å². The monoisotopic (exact) mass is 435 g/mol. The molecule has 2 N–H and O–H groups in total. The number of rotatable bonds is 8. The zero-order valence-electron chi connectivity index (χ0n) is 15.7. The summed E-state index contributed by atoms with van der Waals surface area (Å²) in [6.07, 6.45) is 0. The molecule has 11 nitrogen and oxygen atoms in total. The van der Waals surface area contributed by atoms with E-state index >= 15 is 0 Å². The number of urea groups is 1. The van der Waals surface area contributed by atoms with Crippen LogP contribution in [0.3, 0.4) is 0 Å². The number of non-ortho nitro benzene ring substituents is 1. The Kier molecular flexibility index (Phi) is 7.99. The second-order valence-corrected chi connectivity index (χ2v) is 6.66. The largest absolute Gasteiger partial charge is 0.462 e. The van der Waals surface area contributed by atoms with Gasteiger partial charge in [0.2, 0.25) is 0 Å². The number of benzene rings is 1. The molecule has 0 aliphatic heterocycles. The Morgan fingerprint density at radius 2 is 1.77 bits per heavy atom. The van der Waals surface area contributed by atoms with E-state index in [0.717, 1.165) is 23.1 Å². The summed E-state index contributed by atoms with van der Waals surface area (Å²) in [4.78, 5) is 58.5. The number of nitro groups is 1. The average Bonchev–Trinajstić information content (AvgIpc) is 3.24. The van der Waals surface area contributed by atoms with Crippen molar-refractivity contribution in [3.8, 4) is 0 Å². The average molecular weight is 435 g/mol. The van der Waals surface area contributed by atoms with Crippen LogP contribution in [0.4, 0.5) is 10.5 Å². The second-order valence-electron chi connectivity index (χ2n) is 5.63. The first-order valence-electron chi connectivity index (χ1n) is 8.54. The zero-order chi connectivity index (χ0) is 22.1. The van der Waals surface area contributed by atoms with Gasteiger partial charge in [0.25, 0.3) is 11.6 Å². The summed E-state index contributed by atoms with van der Waals surface area (Å²) >= 11 is 1.43. The van der Waals surface area contributed by atoms with Gasteiger partial charge in [0.15, 0.2) is 6.61 Å². The normalized spacial score (nSPS) is 10.0. The first-order valence-corrected chi connectivity index (χ1v) is 9.42. The molecule has 1 aromatic heterocycles. The summed E-state index contributed by atoms with van der Waals surface area (Å²) in [6.45, 7) is 1.01. The third-order valence-electron chi connectivity index (χ3n) is 3.47. The van der Waals surface area contributed by atoms with Gasteiger partial charge in [0.1, 0.15) is 0 Å². The van der Waals surface area contributed by atoms with E-state index in [-0.39, 0.29) is 24.3 Å². The lowest BCUT2D eigenvalue weighted by atomic mass is 10.1. The molecule has 12 heteroatoms. The number of nitrogens with one attached hydrogen (secondary N) is 2. The van der Waals surface area contributed by atoms with E-state index in [9.17, 15) is 29.3 Å². The van der Waals surface area contributed by atoms with Gasteiger partial charge in [0, 0.05) is 17.0 Å². The van der Waals surface area contributed by atoms with Gasteiger partial charge in [-0.2, -0.15) is 0 Å². The zero-order valence-corrected chi connectivity index (χ0v) is 16.5. The fourth-order valence-electron chi connectivity index (χ4n) is 2.17. The molecule has 1 aromatic carbocycles. The van der Waals surface area contributed by atoms with Crippen LogP contribution < -0.4 is 10.6 Å². The number of imide groups is 1. The van der Waals surface area contributed by atoms with E-state index < -0.39 is 41.1 Å². The van der Waals surface area contributed by atoms with E-state index in [2.05, 4.69) is 5.32 Å². The minimum atomic E-state index is -1.08. The van der Waals surface area contributed by atoms with Crippen LogP contribution in [0.25, 0.3) is 0 Å². The standard InChI is InChI=1S/C18H17N3O8S/c1-2-28-16(23)11-6-12(8-13(7-11)21(26)27)17(24)29-10-15(22)20-18(25)19-9-14-4-3-5-30-14/h3-8H,2,9-10H2,1H3,(H2,19,20,22,25). The van der Waals surface area contributed by atoms with E-state index in [4.69, 9.17) is 9.47 Å². The van der Waals surface area contributed by atoms with Gasteiger partial charge in [-0.3, -0.25) is 20.2 Å². The van der Waals surface area contributed by atoms with Crippen molar-refractivity contribution in [2.75, 3.05) is 13.2 Å². The van der Waals surface area contributed by atoms with Crippen LogP contribution >= 0.6 is 11.3 Å². The summed E-state index contributed by atoms with van der Waals surface area (Å²) in [5.41, 5.74) is -1.05. The highest BCUT2D eigenvalue weighted by Crippen LogP contribution is 2.19. The van der Waals surface area contributed by atoms with Crippen molar-refractivity contribution in [2.24, 2.45) is 0 Å². The van der Waals surface area contributed by atoms with E-state index in [1.807, 2.05) is 16.8 Å². The van der Waals surface area contributed by atoms with Crippen LogP contribution in [-0.4, -0.2) is 42.0 Å². The lowest BCUT2D eigenvalue weighted by molar-refractivity contribution is -0.384. The van der Waals surface area contributed by atoms with Crippen molar-refractivity contribution < 1.29 is 33.6 Å². The number of carbonyl (C=O) groups excluding carboxylic acids is 4. The SMILES string of the molecule is CCOC(=O)c1cc(C(=O)OCC(=O)NC(=O)NCc2cccs2)cc([N+](=O)[O-])c1. The van der Waals surface area contributed by atoms with Gasteiger partial charge in [0.05, 0.1) is 29.2 Å². The Morgan fingerprint density at radius 3 is 2.33 bits per heavy atom. The van der Waals surface area contributed by atoms with Crippen LogP contribution in [0, 0.1) is 10.1 Å². The molecule has 0 aliphatic carbocycles. The number of carbonyl (C=O) groups is 4. The molecule has 0 unspecified atom stereocenters. The molecular formula is C18H17N3O8S. The summed E-state index contributed by atoms with van der Waals surface area (Å²) in [6, 6.07) is 5.75. The highest BCUT2D eigenvalue weighted by atomic mass is 32.1. The van der Waals surface area contributed by atoms with E-state index in [1.54, 1.807) is 13.0 Å². The molecule has 1 heterocycles. The van der Waals surface area contributed by atoms with Crippen molar-refractivity contribution in [2.45, 2.75) is 13.5 Å². The third-order valence-corrected chi connectivity index (χ3v) is 4.34. The maximum Gasteiger partial charge on any atom is 0.338 e.